The monoisotopic (exact) mass is 223 g/mol. The van der Waals surface area contributed by atoms with E-state index in [4.69, 9.17) is 10.00 Å². The Labute approximate surface area is 92.5 Å². The first kappa shape index (κ1) is 11.0. The van der Waals surface area contributed by atoms with E-state index >= 15 is 0 Å². The molecule has 1 heterocycles. The van der Waals surface area contributed by atoms with Crippen LogP contribution in [0.2, 0.25) is 0 Å². The van der Waals surface area contributed by atoms with Gasteiger partial charge in [-0.2, -0.15) is 5.26 Å². The van der Waals surface area contributed by atoms with Gasteiger partial charge in [-0.05, 0) is 30.5 Å². The number of hydrogen-bond acceptors (Lipinski definition) is 2. The fourth-order valence-corrected chi connectivity index (χ4v) is 1.91. The number of nitrogens with zero attached hydrogens (tertiary/aromatic N) is 1. The number of nitriles is 1. The molecule has 1 aromatic carbocycles. The van der Waals surface area contributed by atoms with Crippen molar-refractivity contribution in [3.8, 4) is 6.07 Å². The first-order valence-electron chi connectivity index (χ1n) is 5.08. The molecule has 16 heavy (non-hydrogen) atoms. The van der Waals surface area contributed by atoms with Crippen LogP contribution >= 0.6 is 0 Å². The predicted octanol–water partition coefficient (Wildman–Crippen LogP) is 2.44. The molecule has 1 saturated heterocycles. The third-order valence-electron chi connectivity index (χ3n) is 2.87. The molecular formula is C12H11F2NO. The minimum Gasteiger partial charge on any atom is -0.380 e. The second-order valence-corrected chi connectivity index (χ2v) is 4.12. The second kappa shape index (κ2) is 4.18. The van der Waals surface area contributed by atoms with E-state index in [1.54, 1.807) is 0 Å². The van der Waals surface area contributed by atoms with Crippen LogP contribution < -0.4 is 0 Å². The third-order valence-corrected chi connectivity index (χ3v) is 2.87. The summed E-state index contributed by atoms with van der Waals surface area (Å²) in [5.74, 6) is -1.73. The van der Waals surface area contributed by atoms with E-state index in [-0.39, 0.29) is 0 Å². The molecule has 0 saturated carbocycles. The molecular weight excluding hydrogens is 212 g/mol. The van der Waals surface area contributed by atoms with Gasteiger partial charge in [-0.3, -0.25) is 0 Å². The van der Waals surface area contributed by atoms with Gasteiger partial charge in [0.15, 0.2) is 11.6 Å². The van der Waals surface area contributed by atoms with Crippen molar-refractivity contribution in [1.82, 2.24) is 0 Å². The fraction of sp³-hybridized carbons (Fsp3) is 0.417. The Morgan fingerprint density at radius 3 is 2.75 bits per heavy atom. The SMILES string of the molecule is N#CC1(Cc2ccc(F)c(F)c2)CCOC1. The Bertz CT molecular complexity index is 433. The van der Waals surface area contributed by atoms with Crippen LogP contribution in [-0.2, 0) is 11.2 Å². The van der Waals surface area contributed by atoms with Crippen LogP contribution in [0.5, 0.6) is 0 Å². The van der Waals surface area contributed by atoms with Gasteiger partial charge in [-0.1, -0.05) is 6.07 Å². The molecule has 84 valence electrons. The van der Waals surface area contributed by atoms with E-state index in [1.165, 1.54) is 6.07 Å². The van der Waals surface area contributed by atoms with Crippen LogP contribution in [0.15, 0.2) is 18.2 Å². The molecule has 1 aliphatic heterocycles. The van der Waals surface area contributed by atoms with E-state index < -0.39 is 17.0 Å². The maximum Gasteiger partial charge on any atom is 0.159 e. The van der Waals surface area contributed by atoms with Crippen molar-refractivity contribution in [3.05, 3.63) is 35.4 Å². The maximum absolute atomic E-state index is 13.0. The zero-order chi connectivity index (χ0) is 11.6. The molecule has 4 heteroatoms. The summed E-state index contributed by atoms with van der Waals surface area (Å²) in [4.78, 5) is 0. The minimum atomic E-state index is -0.871. The van der Waals surface area contributed by atoms with Crippen LogP contribution in [0.1, 0.15) is 12.0 Å². The molecule has 0 spiro atoms. The van der Waals surface area contributed by atoms with Crippen molar-refractivity contribution in [2.45, 2.75) is 12.8 Å². The van der Waals surface area contributed by atoms with Crippen LogP contribution in [-0.4, -0.2) is 13.2 Å². The van der Waals surface area contributed by atoms with E-state index in [0.717, 1.165) is 12.1 Å². The van der Waals surface area contributed by atoms with Crippen molar-refractivity contribution in [3.63, 3.8) is 0 Å². The number of benzene rings is 1. The quantitative estimate of drug-likeness (QED) is 0.771. The van der Waals surface area contributed by atoms with Crippen molar-refractivity contribution in [2.75, 3.05) is 13.2 Å². The Morgan fingerprint density at radius 1 is 1.38 bits per heavy atom. The summed E-state index contributed by atoms with van der Waals surface area (Å²) in [6.45, 7) is 0.916. The van der Waals surface area contributed by atoms with Gasteiger partial charge in [-0.25, -0.2) is 8.78 Å². The number of rotatable bonds is 2. The normalized spacial score (nSPS) is 24.3. The van der Waals surface area contributed by atoms with Crippen LogP contribution in [0.3, 0.4) is 0 Å². The van der Waals surface area contributed by atoms with Gasteiger partial charge in [-0.15, -0.1) is 0 Å². The van der Waals surface area contributed by atoms with Gasteiger partial charge in [0.25, 0.3) is 0 Å². The van der Waals surface area contributed by atoms with Crippen molar-refractivity contribution >= 4 is 0 Å². The second-order valence-electron chi connectivity index (χ2n) is 4.12. The molecule has 2 nitrogen and oxygen atoms in total. The molecule has 0 aliphatic carbocycles. The summed E-state index contributed by atoms with van der Waals surface area (Å²) >= 11 is 0. The first-order valence-corrected chi connectivity index (χ1v) is 5.08. The molecule has 0 radical (unpaired) electrons. The summed E-state index contributed by atoms with van der Waals surface area (Å²) in [5.41, 5.74) is 0.0514. The average Bonchev–Trinajstić information content (AvgIpc) is 2.73. The molecule has 0 aromatic heterocycles. The number of ether oxygens (including phenoxy) is 1. The molecule has 0 amide bonds. The minimum absolute atomic E-state index is 0.364. The van der Waals surface area contributed by atoms with Crippen LogP contribution in [0.4, 0.5) is 8.78 Å². The van der Waals surface area contributed by atoms with Crippen molar-refractivity contribution < 1.29 is 13.5 Å². The van der Waals surface area contributed by atoms with Crippen LogP contribution in [0, 0.1) is 28.4 Å². The fourth-order valence-electron chi connectivity index (χ4n) is 1.91. The molecule has 1 atom stereocenters. The van der Waals surface area contributed by atoms with E-state index in [1.807, 2.05) is 0 Å². The summed E-state index contributed by atoms with van der Waals surface area (Å²) in [6, 6.07) is 5.96. The Kier molecular flexibility index (Phi) is 2.88. The lowest BCUT2D eigenvalue weighted by Crippen LogP contribution is -2.21. The third kappa shape index (κ3) is 2.05. The standard InChI is InChI=1S/C12H11F2NO/c13-10-2-1-9(5-11(10)14)6-12(7-15)3-4-16-8-12/h1-2,5H,3-4,6,8H2. The maximum atomic E-state index is 13.0. The van der Waals surface area contributed by atoms with Gasteiger partial charge < -0.3 is 4.74 Å². The van der Waals surface area contributed by atoms with Gasteiger partial charge in [0, 0.05) is 6.61 Å². The topological polar surface area (TPSA) is 33.0 Å². The Hall–Kier alpha value is -1.47. The lowest BCUT2D eigenvalue weighted by atomic mass is 9.82. The summed E-state index contributed by atoms with van der Waals surface area (Å²) in [5, 5.41) is 9.10. The van der Waals surface area contributed by atoms with Crippen molar-refractivity contribution in [2.24, 2.45) is 5.41 Å². The van der Waals surface area contributed by atoms with E-state index in [9.17, 15) is 8.78 Å². The molecule has 0 N–H and O–H groups in total. The molecule has 0 bridgehead atoms. The summed E-state index contributed by atoms with van der Waals surface area (Å²) < 4.78 is 30.9. The Balaban J connectivity index is 2.20. The highest BCUT2D eigenvalue weighted by Crippen LogP contribution is 2.32. The van der Waals surface area contributed by atoms with Gasteiger partial charge >= 0.3 is 0 Å². The summed E-state index contributed by atoms with van der Waals surface area (Å²) in [7, 11) is 0. The smallest absolute Gasteiger partial charge is 0.159 e. The molecule has 1 aromatic rings. The highest BCUT2D eigenvalue weighted by molar-refractivity contribution is 5.22. The zero-order valence-electron chi connectivity index (χ0n) is 8.67. The number of hydrogen-bond donors (Lipinski definition) is 0. The molecule has 1 unspecified atom stereocenters. The average molecular weight is 223 g/mol. The molecule has 2 rings (SSSR count). The Morgan fingerprint density at radius 2 is 2.19 bits per heavy atom. The highest BCUT2D eigenvalue weighted by atomic mass is 19.2. The lowest BCUT2D eigenvalue weighted by Gasteiger charge is -2.18. The van der Waals surface area contributed by atoms with Crippen molar-refractivity contribution in [1.29, 1.82) is 5.26 Å². The lowest BCUT2D eigenvalue weighted by molar-refractivity contribution is 0.171. The number of halogens is 2. The van der Waals surface area contributed by atoms with Crippen LogP contribution in [0.25, 0.3) is 0 Å². The molecule has 1 aliphatic rings. The van der Waals surface area contributed by atoms with Gasteiger partial charge in [0.2, 0.25) is 0 Å². The largest absolute Gasteiger partial charge is 0.380 e. The van der Waals surface area contributed by atoms with E-state index in [0.29, 0.717) is 31.6 Å². The zero-order valence-corrected chi connectivity index (χ0v) is 8.67. The van der Waals surface area contributed by atoms with Gasteiger partial charge in [0.05, 0.1) is 18.1 Å². The molecule has 1 fully saturated rings. The van der Waals surface area contributed by atoms with E-state index in [2.05, 4.69) is 6.07 Å². The van der Waals surface area contributed by atoms with Gasteiger partial charge in [0.1, 0.15) is 0 Å². The summed E-state index contributed by atoms with van der Waals surface area (Å²) in [6.07, 6.45) is 1.04. The highest BCUT2D eigenvalue weighted by Gasteiger charge is 2.35. The predicted molar refractivity (Wildman–Crippen MR) is 53.5 cm³/mol. The first-order chi connectivity index (χ1) is 7.65.